The molecule has 1 atom stereocenters. The Bertz CT molecular complexity index is 1130. The quantitative estimate of drug-likeness (QED) is 0.637. The van der Waals surface area contributed by atoms with Crippen LogP contribution in [0, 0.1) is 12.7 Å². The van der Waals surface area contributed by atoms with Crippen LogP contribution in [0.5, 0.6) is 0 Å². The van der Waals surface area contributed by atoms with E-state index in [2.05, 4.69) is 53.2 Å². The highest BCUT2D eigenvalue weighted by Gasteiger charge is 2.24. The lowest BCUT2D eigenvalue weighted by Gasteiger charge is -2.42. The van der Waals surface area contributed by atoms with Crippen molar-refractivity contribution >= 4 is 29.1 Å². The predicted molar refractivity (Wildman–Crippen MR) is 126 cm³/mol. The van der Waals surface area contributed by atoms with Gasteiger partial charge in [0.05, 0.1) is 5.56 Å². The standard InChI is InChI=1S/C25H26FN3O.CO2/c1-18-6-5-7-22(16-18)29-15-14-28(17-19(29)2)21-12-10-20(11-13-21)27-25(30)23-8-3-4-9-24(23)26;2-1-3/h3-13,16,19H,14-15,17H2,1-2H3,(H,27,30);. The van der Waals surface area contributed by atoms with E-state index in [1.807, 2.05) is 24.3 Å². The summed E-state index contributed by atoms with van der Waals surface area (Å²) < 4.78 is 13.8. The predicted octanol–water partition coefficient (Wildman–Crippen LogP) is 4.52. The number of halogens is 1. The highest BCUT2D eigenvalue weighted by molar-refractivity contribution is 6.04. The second-order valence-electron chi connectivity index (χ2n) is 7.89. The maximum atomic E-state index is 13.8. The summed E-state index contributed by atoms with van der Waals surface area (Å²) in [5.41, 5.74) is 4.36. The van der Waals surface area contributed by atoms with Gasteiger partial charge in [-0.3, -0.25) is 4.79 Å². The molecular formula is C26H26FN3O3. The Morgan fingerprint density at radius 1 is 0.970 bits per heavy atom. The van der Waals surface area contributed by atoms with Gasteiger partial charge in [-0.1, -0.05) is 24.3 Å². The van der Waals surface area contributed by atoms with Gasteiger partial charge >= 0.3 is 6.15 Å². The van der Waals surface area contributed by atoms with E-state index >= 15 is 0 Å². The molecule has 1 fully saturated rings. The zero-order valence-electron chi connectivity index (χ0n) is 18.6. The van der Waals surface area contributed by atoms with Crippen LogP contribution in [0.15, 0.2) is 72.8 Å². The third kappa shape index (κ3) is 6.05. The lowest BCUT2D eigenvalue weighted by molar-refractivity contribution is -0.191. The van der Waals surface area contributed by atoms with E-state index in [1.54, 1.807) is 12.1 Å². The van der Waals surface area contributed by atoms with Gasteiger partial charge in [0.15, 0.2) is 0 Å². The van der Waals surface area contributed by atoms with Crippen molar-refractivity contribution in [1.82, 2.24) is 0 Å². The van der Waals surface area contributed by atoms with E-state index in [4.69, 9.17) is 9.59 Å². The molecule has 1 heterocycles. The van der Waals surface area contributed by atoms with Gasteiger partial charge in [-0.25, -0.2) is 4.39 Å². The van der Waals surface area contributed by atoms with Crippen molar-refractivity contribution in [2.24, 2.45) is 0 Å². The van der Waals surface area contributed by atoms with Crippen molar-refractivity contribution < 1.29 is 18.8 Å². The molecule has 4 rings (SSSR count). The summed E-state index contributed by atoms with van der Waals surface area (Å²) in [7, 11) is 0. The van der Waals surface area contributed by atoms with E-state index in [1.165, 1.54) is 23.4 Å². The molecule has 33 heavy (non-hydrogen) atoms. The number of carbonyl (C=O) groups is 1. The summed E-state index contributed by atoms with van der Waals surface area (Å²) in [6.45, 7) is 7.18. The molecule has 1 aliphatic heterocycles. The average Bonchev–Trinajstić information content (AvgIpc) is 2.80. The maximum absolute atomic E-state index is 13.8. The van der Waals surface area contributed by atoms with Crippen LogP contribution >= 0.6 is 0 Å². The first-order chi connectivity index (χ1) is 15.9. The third-order valence-corrected chi connectivity index (χ3v) is 5.57. The molecule has 1 unspecified atom stereocenters. The minimum atomic E-state index is -0.521. The molecule has 1 aliphatic rings. The molecule has 0 saturated carbocycles. The second-order valence-corrected chi connectivity index (χ2v) is 7.89. The number of amides is 1. The summed E-state index contributed by atoms with van der Waals surface area (Å²) in [6.07, 6.45) is 0.250. The number of carbonyl (C=O) groups excluding carboxylic acids is 3. The molecule has 0 aromatic heterocycles. The van der Waals surface area contributed by atoms with Crippen molar-refractivity contribution in [3.8, 4) is 0 Å². The van der Waals surface area contributed by atoms with Gasteiger partial charge in [0.25, 0.3) is 5.91 Å². The monoisotopic (exact) mass is 447 g/mol. The van der Waals surface area contributed by atoms with Crippen LogP contribution in [-0.2, 0) is 9.59 Å². The number of hydrogen-bond acceptors (Lipinski definition) is 5. The van der Waals surface area contributed by atoms with Crippen molar-refractivity contribution in [2.45, 2.75) is 19.9 Å². The van der Waals surface area contributed by atoms with Gasteiger partial charge in [-0.15, -0.1) is 0 Å². The lowest BCUT2D eigenvalue weighted by Crippen LogP contribution is -2.52. The molecule has 1 N–H and O–H groups in total. The Labute approximate surface area is 192 Å². The molecule has 0 radical (unpaired) electrons. The summed E-state index contributed by atoms with van der Waals surface area (Å²) in [5.74, 6) is -0.965. The van der Waals surface area contributed by atoms with Crippen LogP contribution in [-0.4, -0.2) is 37.7 Å². The normalized spacial score (nSPS) is 15.2. The molecule has 170 valence electrons. The number of hydrogen-bond donors (Lipinski definition) is 1. The van der Waals surface area contributed by atoms with Crippen LogP contribution in [0.3, 0.4) is 0 Å². The fraction of sp³-hybridized carbons (Fsp3) is 0.231. The number of anilines is 3. The minimum absolute atomic E-state index is 0.0441. The van der Waals surface area contributed by atoms with Crippen molar-refractivity contribution in [1.29, 1.82) is 0 Å². The molecule has 1 amide bonds. The van der Waals surface area contributed by atoms with Crippen LogP contribution in [0.1, 0.15) is 22.8 Å². The fourth-order valence-corrected chi connectivity index (χ4v) is 3.98. The van der Waals surface area contributed by atoms with E-state index < -0.39 is 11.7 Å². The average molecular weight is 448 g/mol. The van der Waals surface area contributed by atoms with Gasteiger partial charge in [0, 0.05) is 42.7 Å². The molecular weight excluding hydrogens is 421 g/mol. The van der Waals surface area contributed by atoms with E-state index in [9.17, 15) is 9.18 Å². The SMILES string of the molecule is Cc1cccc(N2CCN(c3ccc(NC(=O)c4ccccc4F)cc3)CC2C)c1.O=C=O. The number of rotatable bonds is 4. The Hall–Kier alpha value is -3.96. The molecule has 0 spiro atoms. The van der Waals surface area contributed by atoms with Crippen LogP contribution in [0.25, 0.3) is 0 Å². The number of nitrogens with one attached hydrogen (secondary N) is 1. The highest BCUT2D eigenvalue weighted by Crippen LogP contribution is 2.26. The second kappa shape index (κ2) is 11.1. The Morgan fingerprint density at radius 2 is 1.67 bits per heavy atom. The first-order valence-corrected chi connectivity index (χ1v) is 10.7. The number of nitrogens with zero attached hydrogens (tertiary/aromatic N) is 2. The zero-order chi connectivity index (χ0) is 23.8. The summed E-state index contributed by atoms with van der Waals surface area (Å²) in [4.78, 5) is 33.4. The zero-order valence-corrected chi connectivity index (χ0v) is 18.6. The first-order valence-electron chi connectivity index (χ1n) is 10.7. The first kappa shape index (κ1) is 23.7. The van der Waals surface area contributed by atoms with Crippen molar-refractivity contribution in [2.75, 3.05) is 34.8 Å². The van der Waals surface area contributed by atoms with E-state index in [0.29, 0.717) is 11.7 Å². The fourth-order valence-electron chi connectivity index (χ4n) is 3.98. The van der Waals surface area contributed by atoms with Gasteiger partial charge in [0.2, 0.25) is 0 Å². The Balaban J connectivity index is 0.000000968. The summed E-state index contributed by atoms with van der Waals surface area (Å²) >= 11 is 0. The molecule has 3 aromatic carbocycles. The van der Waals surface area contributed by atoms with Gasteiger partial charge in [-0.05, 0) is 67.9 Å². The van der Waals surface area contributed by atoms with Gasteiger partial charge in [-0.2, -0.15) is 9.59 Å². The Morgan fingerprint density at radius 3 is 2.30 bits per heavy atom. The number of aryl methyl sites for hydroxylation is 1. The topological polar surface area (TPSA) is 69.7 Å². The largest absolute Gasteiger partial charge is 0.373 e. The number of benzene rings is 3. The molecule has 1 saturated heterocycles. The van der Waals surface area contributed by atoms with Crippen LogP contribution in [0.2, 0.25) is 0 Å². The van der Waals surface area contributed by atoms with Gasteiger partial charge < -0.3 is 15.1 Å². The minimum Gasteiger partial charge on any atom is -0.368 e. The number of piperazine rings is 1. The highest BCUT2D eigenvalue weighted by atomic mass is 19.1. The molecule has 6 nitrogen and oxygen atoms in total. The maximum Gasteiger partial charge on any atom is 0.373 e. The van der Waals surface area contributed by atoms with Crippen LogP contribution in [0.4, 0.5) is 21.5 Å². The van der Waals surface area contributed by atoms with E-state index in [-0.39, 0.29) is 11.7 Å². The van der Waals surface area contributed by atoms with Crippen molar-refractivity contribution in [3.05, 3.63) is 89.7 Å². The molecule has 7 heteroatoms. The third-order valence-electron chi connectivity index (χ3n) is 5.57. The van der Waals surface area contributed by atoms with Crippen molar-refractivity contribution in [3.63, 3.8) is 0 Å². The van der Waals surface area contributed by atoms with Gasteiger partial charge in [0.1, 0.15) is 5.82 Å². The summed E-state index contributed by atoms with van der Waals surface area (Å²) in [6, 6.07) is 22.8. The molecule has 0 aliphatic carbocycles. The smallest absolute Gasteiger partial charge is 0.368 e. The van der Waals surface area contributed by atoms with Crippen LogP contribution < -0.4 is 15.1 Å². The lowest BCUT2D eigenvalue weighted by atomic mass is 10.1. The molecule has 0 bridgehead atoms. The Kier molecular flexibility index (Phi) is 7.95. The summed E-state index contributed by atoms with van der Waals surface area (Å²) in [5, 5.41) is 2.77. The van der Waals surface area contributed by atoms with E-state index in [0.717, 1.165) is 25.3 Å². The molecule has 3 aromatic rings.